The number of carbonyl (C=O) groups excluding carboxylic acids is 4. The van der Waals surface area contributed by atoms with E-state index in [0.29, 0.717) is 5.75 Å². The van der Waals surface area contributed by atoms with E-state index in [2.05, 4.69) is 16.0 Å². The highest BCUT2D eigenvalue weighted by atomic mass is 16.5. The predicted molar refractivity (Wildman–Crippen MR) is 96.1 cm³/mol. The van der Waals surface area contributed by atoms with Crippen molar-refractivity contribution in [3.8, 4) is 5.75 Å². The Bertz CT molecular complexity index is 762. The summed E-state index contributed by atoms with van der Waals surface area (Å²) in [5.74, 6) is -1.33. The molecule has 0 saturated carbocycles. The van der Waals surface area contributed by atoms with Crippen molar-refractivity contribution in [2.45, 2.75) is 6.92 Å². The van der Waals surface area contributed by atoms with E-state index in [0.717, 1.165) is 0 Å². The number of hydrogen-bond acceptors (Lipinski definition) is 7. The molecule has 0 aliphatic carbocycles. The number of hydrogen-bond donors (Lipinski definition) is 3. The topological polar surface area (TPSA) is 132 Å². The highest BCUT2D eigenvalue weighted by Crippen LogP contribution is 2.09. The van der Waals surface area contributed by atoms with Crippen LogP contribution in [0, 0.1) is 0 Å². The van der Waals surface area contributed by atoms with Crippen molar-refractivity contribution in [3.63, 3.8) is 0 Å². The first-order valence-electron chi connectivity index (χ1n) is 8.53. The zero-order chi connectivity index (χ0) is 20.4. The van der Waals surface area contributed by atoms with Gasteiger partial charge in [-0.05, 0) is 19.1 Å². The van der Waals surface area contributed by atoms with Crippen LogP contribution in [0.2, 0.25) is 0 Å². The number of rotatable bonds is 9. The maximum Gasteiger partial charge on any atom is 0.337 e. The quantitative estimate of drug-likeness (QED) is 0.499. The molecule has 10 heteroatoms. The summed E-state index contributed by atoms with van der Waals surface area (Å²) in [6.07, 6.45) is 0. The van der Waals surface area contributed by atoms with Crippen LogP contribution < -0.4 is 20.7 Å². The highest BCUT2D eigenvalue weighted by molar-refractivity contribution is 5.93. The maximum absolute atomic E-state index is 11.9. The van der Waals surface area contributed by atoms with E-state index in [-0.39, 0.29) is 44.2 Å². The molecule has 0 atom stereocenters. The van der Waals surface area contributed by atoms with Gasteiger partial charge in [0.05, 0.1) is 24.4 Å². The predicted octanol–water partition coefficient (Wildman–Crippen LogP) is -0.145. The van der Waals surface area contributed by atoms with Gasteiger partial charge in [0.15, 0.2) is 6.61 Å². The molecule has 3 N–H and O–H groups in total. The van der Waals surface area contributed by atoms with Crippen LogP contribution in [0.4, 0.5) is 4.79 Å². The standard InChI is InChI=1S/C18H21N3O7/c1-2-26-17(24)13-8-20-18(25)21-14(13)10-28-16(23)9-19-15(22)11-27-12-6-4-3-5-7-12/h3-7H,2,8-11H2,1H3,(H,19,22)(H2,20,21,25). The second-order valence-electron chi connectivity index (χ2n) is 5.52. The Kier molecular flexibility index (Phi) is 7.82. The second-order valence-corrected chi connectivity index (χ2v) is 5.52. The molecule has 1 heterocycles. The van der Waals surface area contributed by atoms with E-state index in [1.807, 2.05) is 6.07 Å². The van der Waals surface area contributed by atoms with E-state index >= 15 is 0 Å². The van der Waals surface area contributed by atoms with Gasteiger partial charge in [-0.15, -0.1) is 0 Å². The Morgan fingerprint density at radius 1 is 1.14 bits per heavy atom. The second kappa shape index (κ2) is 10.6. The van der Waals surface area contributed by atoms with Gasteiger partial charge >= 0.3 is 18.0 Å². The van der Waals surface area contributed by atoms with E-state index in [9.17, 15) is 19.2 Å². The van der Waals surface area contributed by atoms with E-state index in [1.54, 1.807) is 31.2 Å². The lowest BCUT2D eigenvalue weighted by molar-refractivity contribution is -0.143. The molecule has 1 aliphatic heterocycles. The van der Waals surface area contributed by atoms with Crippen molar-refractivity contribution >= 4 is 23.9 Å². The fourth-order valence-electron chi connectivity index (χ4n) is 2.16. The molecule has 0 unspecified atom stereocenters. The van der Waals surface area contributed by atoms with Crippen molar-refractivity contribution < 1.29 is 33.4 Å². The summed E-state index contributed by atoms with van der Waals surface area (Å²) in [5, 5.41) is 7.20. The van der Waals surface area contributed by atoms with Crippen LogP contribution in [-0.4, -0.2) is 56.8 Å². The normalized spacial score (nSPS) is 13.1. The molecule has 0 bridgehead atoms. The minimum Gasteiger partial charge on any atom is -0.484 e. The Morgan fingerprint density at radius 3 is 2.61 bits per heavy atom. The van der Waals surface area contributed by atoms with Gasteiger partial charge in [-0.3, -0.25) is 9.59 Å². The molecule has 0 saturated heterocycles. The SMILES string of the molecule is CCOC(=O)C1=C(COC(=O)CNC(=O)COc2ccccc2)NC(=O)NC1. The van der Waals surface area contributed by atoms with Gasteiger partial charge in [0.1, 0.15) is 18.9 Å². The van der Waals surface area contributed by atoms with Crippen LogP contribution in [0.5, 0.6) is 5.75 Å². The third-order valence-electron chi connectivity index (χ3n) is 3.50. The number of para-hydroxylation sites is 1. The smallest absolute Gasteiger partial charge is 0.337 e. The average Bonchev–Trinajstić information content (AvgIpc) is 2.70. The number of ether oxygens (including phenoxy) is 3. The van der Waals surface area contributed by atoms with Crippen molar-refractivity contribution in [1.29, 1.82) is 0 Å². The van der Waals surface area contributed by atoms with Gasteiger partial charge in [0.2, 0.25) is 0 Å². The first kappa shape index (κ1) is 20.7. The third kappa shape index (κ3) is 6.63. The minimum absolute atomic E-state index is 0.0366. The molecular weight excluding hydrogens is 370 g/mol. The molecule has 3 amide bonds. The highest BCUT2D eigenvalue weighted by Gasteiger charge is 2.24. The molecule has 0 fully saturated rings. The van der Waals surface area contributed by atoms with Crippen LogP contribution in [-0.2, 0) is 23.9 Å². The molecule has 0 radical (unpaired) electrons. The monoisotopic (exact) mass is 391 g/mol. The summed E-state index contributed by atoms with van der Waals surface area (Å²) in [4.78, 5) is 46.8. The lowest BCUT2D eigenvalue weighted by Gasteiger charge is -2.21. The lowest BCUT2D eigenvalue weighted by Crippen LogP contribution is -2.45. The van der Waals surface area contributed by atoms with E-state index < -0.39 is 23.9 Å². The van der Waals surface area contributed by atoms with Crippen LogP contribution in [0.15, 0.2) is 41.6 Å². The molecule has 1 aromatic carbocycles. The number of amides is 3. The van der Waals surface area contributed by atoms with Gasteiger partial charge in [0.25, 0.3) is 5.91 Å². The minimum atomic E-state index is -0.739. The number of carbonyl (C=O) groups is 4. The number of nitrogens with one attached hydrogen (secondary N) is 3. The molecule has 2 rings (SSSR count). The van der Waals surface area contributed by atoms with Gasteiger partial charge in [0, 0.05) is 0 Å². The third-order valence-corrected chi connectivity index (χ3v) is 3.50. The molecule has 28 heavy (non-hydrogen) atoms. The van der Waals surface area contributed by atoms with Crippen LogP contribution in [0.25, 0.3) is 0 Å². The molecule has 0 aromatic heterocycles. The van der Waals surface area contributed by atoms with Gasteiger partial charge < -0.3 is 30.2 Å². The number of esters is 2. The molecule has 150 valence electrons. The zero-order valence-corrected chi connectivity index (χ0v) is 15.3. The Balaban J connectivity index is 1.77. The molecule has 0 spiro atoms. The summed E-state index contributed by atoms with van der Waals surface area (Å²) in [7, 11) is 0. The lowest BCUT2D eigenvalue weighted by atomic mass is 10.2. The Labute approximate surface area is 161 Å². The maximum atomic E-state index is 11.9. The summed E-state index contributed by atoms with van der Waals surface area (Å²) in [6, 6.07) is 8.22. The summed E-state index contributed by atoms with van der Waals surface area (Å²) in [5.41, 5.74) is 0.295. The number of benzene rings is 1. The molecular formula is C18H21N3O7. The fourth-order valence-corrected chi connectivity index (χ4v) is 2.16. The average molecular weight is 391 g/mol. The van der Waals surface area contributed by atoms with Crippen molar-refractivity contribution in [1.82, 2.24) is 16.0 Å². The molecule has 1 aromatic rings. The van der Waals surface area contributed by atoms with Gasteiger partial charge in [-0.1, -0.05) is 18.2 Å². The fraction of sp³-hybridized carbons (Fsp3) is 0.333. The molecule has 10 nitrogen and oxygen atoms in total. The van der Waals surface area contributed by atoms with Gasteiger partial charge in [-0.25, -0.2) is 9.59 Å². The summed E-state index contributed by atoms with van der Waals surface area (Å²) in [6.45, 7) is 0.807. The van der Waals surface area contributed by atoms with Crippen LogP contribution in [0.1, 0.15) is 6.92 Å². The Hall–Kier alpha value is -3.56. The largest absolute Gasteiger partial charge is 0.484 e. The van der Waals surface area contributed by atoms with Crippen molar-refractivity contribution in [2.75, 3.05) is 32.9 Å². The van der Waals surface area contributed by atoms with E-state index in [4.69, 9.17) is 14.2 Å². The van der Waals surface area contributed by atoms with Crippen molar-refractivity contribution in [3.05, 3.63) is 41.6 Å². The van der Waals surface area contributed by atoms with Crippen LogP contribution in [0.3, 0.4) is 0 Å². The Morgan fingerprint density at radius 2 is 1.89 bits per heavy atom. The van der Waals surface area contributed by atoms with Crippen LogP contribution >= 0.6 is 0 Å². The summed E-state index contributed by atoms with van der Waals surface area (Å²) >= 11 is 0. The first-order valence-corrected chi connectivity index (χ1v) is 8.53. The molecule has 1 aliphatic rings. The summed E-state index contributed by atoms with van der Waals surface area (Å²) < 4.78 is 15.1. The zero-order valence-electron chi connectivity index (χ0n) is 15.3. The van der Waals surface area contributed by atoms with E-state index in [1.165, 1.54) is 0 Å². The number of urea groups is 1. The first-order chi connectivity index (χ1) is 13.5. The van der Waals surface area contributed by atoms with Gasteiger partial charge in [-0.2, -0.15) is 0 Å². The van der Waals surface area contributed by atoms with Crippen molar-refractivity contribution in [2.24, 2.45) is 0 Å².